The third kappa shape index (κ3) is 4.37. The van der Waals surface area contributed by atoms with Crippen molar-refractivity contribution in [3.05, 3.63) is 47.8 Å². The molecule has 1 atom stereocenters. The van der Waals surface area contributed by atoms with Gasteiger partial charge in [0.1, 0.15) is 5.60 Å². The summed E-state index contributed by atoms with van der Waals surface area (Å²) in [6.45, 7) is 1.37. The van der Waals surface area contributed by atoms with Crippen LogP contribution < -0.4 is 5.32 Å². The lowest BCUT2D eigenvalue weighted by atomic mass is 9.93. The number of piperidine rings is 1. The summed E-state index contributed by atoms with van der Waals surface area (Å²) in [4.78, 5) is 24.9. The maximum Gasteiger partial charge on any atom is 0.335 e. The summed E-state index contributed by atoms with van der Waals surface area (Å²) >= 11 is 0. The van der Waals surface area contributed by atoms with Gasteiger partial charge in [0.25, 0.3) is 0 Å². The number of aromatic carboxylic acids is 1. The number of rotatable bonds is 5. The number of nitrogens with zero attached hydrogens (tertiary/aromatic N) is 4. The van der Waals surface area contributed by atoms with E-state index in [0.717, 1.165) is 5.56 Å². The fourth-order valence-electron chi connectivity index (χ4n) is 3.09. The minimum absolute atomic E-state index is 0.203. The summed E-state index contributed by atoms with van der Waals surface area (Å²) in [5, 5.41) is 30.1. The summed E-state index contributed by atoms with van der Waals surface area (Å²) in [7, 11) is 0. The Balaban J connectivity index is 1.54. The number of benzene rings is 1. The number of amides is 2. The van der Waals surface area contributed by atoms with Gasteiger partial charge in [0.15, 0.2) is 0 Å². The molecule has 3 N–H and O–H groups in total. The van der Waals surface area contributed by atoms with E-state index in [1.165, 1.54) is 12.1 Å². The second-order valence-corrected chi connectivity index (χ2v) is 6.51. The van der Waals surface area contributed by atoms with E-state index in [1.54, 1.807) is 34.1 Å². The van der Waals surface area contributed by atoms with Crippen LogP contribution in [0.2, 0.25) is 0 Å². The molecule has 2 aromatic rings. The van der Waals surface area contributed by atoms with E-state index in [1.807, 2.05) is 0 Å². The van der Waals surface area contributed by atoms with Gasteiger partial charge in [0, 0.05) is 19.3 Å². The number of aromatic nitrogens is 3. The number of hydrogen-bond donors (Lipinski definition) is 3. The predicted molar refractivity (Wildman–Crippen MR) is 91.4 cm³/mol. The number of hydrogen-bond acceptors (Lipinski definition) is 5. The third-order valence-electron chi connectivity index (χ3n) is 4.42. The molecule has 9 heteroatoms. The molecule has 1 saturated heterocycles. The van der Waals surface area contributed by atoms with Crippen LogP contribution in [0.4, 0.5) is 4.79 Å². The average molecular weight is 359 g/mol. The second kappa shape index (κ2) is 7.52. The Labute approximate surface area is 150 Å². The fourth-order valence-corrected chi connectivity index (χ4v) is 3.09. The average Bonchev–Trinajstić information content (AvgIpc) is 3.12. The van der Waals surface area contributed by atoms with Crippen LogP contribution in [-0.4, -0.2) is 60.8 Å². The molecule has 0 bridgehead atoms. The molecule has 0 spiro atoms. The van der Waals surface area contributed by atoms with Crippen molar-refractivity contribution in [2.24, 2.45) is 0 Å². The molecule has 3 rings (SSSR count). The second-order valence-electron chi connectivity index (χ2n) is 6.51. The van der Waals surface area contributed by atoms with Crippen molar-refractivity contribution < 1.29 is 19.8 Å². The third-order valence-corrected chi connectivity index (χ3v) is 4.42. The van der Waals surface area contributed by atoms with Gasteiger partial charge in [-0.05, 0) is 30.5 Å². The molecule has 9 nitrogen and oxygen atoms in total. The SMILES string of the molecule is O=C(O)c1ccc(CNC(=O)N2CCCC(O)(Cn3ccnn3)C2)cc1. The highest BCUT2D eigenvalue weighted by molar-refractivity contribution is 5.87. The molecule has 0 aliphatic carbocycles. The molecular weight excluding hydrogens is 338 g/mol. The van der Waals surface area contributed by atoms with Gasteiger partial charge < -0.3 is 20.4 Å². The highest BCUT2D eigenvalue weighted by atomic mass is 16.4. The summed E-state index contributed by atoms with van der Waals surface area (Å²) in [6.07, 6.45) is 4.52. The summed E-state index contributed by atoms with van der Waals surface area (Å²) < 4.78 is 1.56. The zero-order chi connectivity index (χ0) is 18.6. The molecule has 0 radical (unpaired) electrons. The van der Waals surface area contributed by atoms with Gasteiger partial charge in [-0.25, -0.2) is 14.3 Å². The Kier molecular flexibility index (Phi) is 5.17. The lowest BCUT2D eigenvalue weighted by molar-refractivity contribution is -0.0341. The minimum atomic E-state index is -1.04. The maximum atomic E-state index is 12.4. The first-order valence-corrected chi connectivity index (χ1v) is 8.37. The number of carboxylic acid groups (broad SMARTS) is 1. The van der Waals surface area contributed by atoms with Gasteiger partial charge in [-0.1, -0.05) is 17.3 Å². The number of aliphatic hydroxyl groups is 1. The largest absolute Gasteiger partial charge is 0.478 e. The van der Waals surface area contributed by atoms with Gasteiger partial charge in [0.2, 0.25) is 0 Å². The lowest BCUT2D eigenvalue weighted by Gasteiger charge is -2.38. The number of nitrogens with one attached hydrogen (secondary N) is 1. The minimum Gasteiger partial charge on any atom is -0.478 e. The molecule has 2 heterocycles. The van der Waals surface area contributed by atoms with Crippen molar-refractivity contribution in [2.45, 2.75) is 31.5 Å². The normalized spacial score (nSPS) is 20.0. The van der Waals surface area contributed by atoms with Gasteiger partial charge in [-0.3, -0.25) is 0 Å². The highest BCUT2D eigenvalue weighted by Gasteiger charge is 2.35. The molecule has 1 aromatic heterocycles. The summed E-state index contributed by atoms with van der Waals surface area (Å²) in [6, 6.07) is 6.08. The quantitative estimate of drug-likeness (QED) is 0.723. The Bertz CT molecular complexity index is 762. The van der Waals surface area contributed by atoms with E-state index in [0.29, 0.717) is 19.4 Å². The Morgan fingerprint density at radius 2 is 2.04 bits per heavy atom. The zero-order valence-corrected chi connectivity index (χ0v) is 14.2. The Morgan fingerprint density at radius 3 is 2.69 bits per heavy atom. The van der Waals surface area contributed by atoms with Crippen molar-refractivity contribution in [3.8, 4) is 0 Å². The number of β-amino-alcohol motifs (C(OH)–C–C–N with tert-alkyl or cyclic N) is 1. The first kappa shape index (κ1) is 17.9. The van der Waals surface area contributed by atoms with Gasteiger partial charge >= 0.3 is 12.0 Å². The molecule has 1 aromatic carbocycles. The van der Waals surface area contributed by atoms with E-state index < -0.39 is 11.6 Å². The van der Waals surface area contributed by atoms with Crippen molar-refractivity contribution in [2.75, 3.05) is 13.1 Å². The van der Waals surface area contributed by atoms with E-state index in [2.05, 4.69) is 15.6 Å². The topological polar surface area (TPSA) is 121 Å². The lowest BCUT2D eigenvalue weighted by Crippen LogP contribution is -2.54. The summed E-state index contributed by atoms with van der Waals surface area (Å²) in [5.41, 5.74) is -0.0283. The summed E-state index contributed by atoms with van der Waals surface area (Å²) in [5.74, 6) is -0.986. The molecule has 0 saturated carbocycles. The number of carbonyl (C=O) groups excluding carboxylic acids is 1. The number of carbonyl (C=O) groups is 2. The van der Waals surface area contributed by atoms with E-state index in [4.69, 9.17) is 5.11 Å². The van der Waals surface area contributed by atoms with Gasteiger partial charge in [0.05, 0.1) is 24.8 Å². The van der Waals surface area contributed by atoms with Gasteiger partial charge in [-0.15, -0.1) is 5.10 Å². The number of likely N-dealkylation sites (tertiary alicyclic amines) is 1. The van der Waals surface area contributed by atoms with E-state index in [-0.39, 0.29) is 31.2 Å². The van der Waals surface area contributed by atoms with Crippen LogP contribution in [0.15, 0.2) is 36.7 Å². The van der Waals surface area contributed by atoms with Crippen LogP contribution >= 0.6 is 0 Å². The van der Waals surface area contributed by atoms with E-state index >= 15 is 0 Å². The van der Waals surface area contributed by atoms with E-state index in [9.17, 15) is 14.7 Å². The van der Waals surface area contributed by atoms with Crippen molar-refractivity contribution >= 4 is 12.0 Å². The van der Waals surface area contributed by atoms with Crippen LogP contribution in [0, 0.1) is 0 Å². The van der Waals surface area contributed by atoms with Gasteiger partial charge in [-0.2, -0.15) is 0 Å². The van der Waals surface area contributed by atoms with Crippen molar-refractivity contribution in [1.82, 2.24) is 25.2 Å². The molecule has 1 fully saturated rings. The molecule has 2 amide bonds. The first-order chi connectivity index (χ1) is 12.5. The standard InChI is InChI=1S/C17H21N5O4/c23-15(24)14-4-2-13(3-5-14)10-18-16(25)21-8-1-6-17(26,11-21)12-22-9-7-19-20-22/h2-5,7,9,26H,1,6,8,10-12H2,(H,18,25)(H,23,24). The Morgan fingerprint density at radius 1 is 1.27 bits per heavy atom. The molecular formula is C17H21N5O4. The Hall–Kier alpha value is -2.94. The smallest absolute Gasteiger partial charge is 0.335 e. The molecule has 1 unspecified atom stereocenters. The number of urea groups is 1. The van der Waals surface area contributed by atoms with Crippen molar-refractivity contribution in [1.29, 1.82) is 0 Å². The van der Waals surface area contributed by atoms with Crippen LogP contribution in [0.5, 0.6) is 0 Å². The molecule has 138 valence electrons. The number of carboxylic acids is 1. The molecule has 26 heavy (non-hydrogen) atoms. The van der Waals surface area contributed by atoms with Crippen LogP contribution in [0.25, 0.3) is 0 Å². The fraction of sp³-hybridized carbons (Fsp3) is 0.412. The van der Waals surface area contributed by atoms with Crippen molar-refractivity contribution in [3.63, 3.8) is 0 Å². The van der Waals surface area contributed by atoms with Crippen LogP contribution in [-0.2, 0) is 13.1 Å². The monoisotopic (exact) mass is 359 g/mol. The zero-order valence-electron chi connectivity index (χ0n) is 14.2. The first-order valence-electron chi connectivity index (χ1n) is 8.37. The van der Waals surface area contributed by atoms with Crippen LogP contribution in [0.1, 0.15) is 28.8 Å². The highest BCUT2D eigenvalue weighted by Crippen LogP contribution is 2.23. The maximum absolute atomic E-state index is 12.4. The predicted octanol–water partition coefficient (Wildman–Crippen LogP) is 0.713. The molecule has 1 aliphatic rings. The molecule has 1 aliphatic heterocycles. The van der Waals surface area contributed by atoms with Crippen LogP contribution in [0.3, 0.4) is 0 Å².